The Morgan fingerprint density at radius 2 is 1.88 bits per heavy atom. The second-order valence-electron chi connectivity index (χ2n) is 5.70. The first kappa shape index (κ1) is 21.2. The van der Waals surface area contributed by atoms with E-state index >= 15 is 0 Å². The van der Waals surface area contributed by atoms with Crippen molar-refractivity contribution < 1.29 is 21.6 Å². The Kier molecular flexibility index (Phi) is 7.52. The minimum absolute atomic E-state index is 0. The van der Waals surface area contributed by atoms with Crippen LogP contribution in [0.1, 0.15) is 25.3 Å². The zero-order valence-electron chi connectivity index (χ0n) is 13.3. The molecule has 24 heavy (non-hydrogen) atoms. The van der Waals surface area contributed by atoms with E-state index in [1.165, 1.54) is 28.6 Å². The van der Waals surface area contributed by atoms with Crippen molar-refractivity contribution in [3.05, 3.63) is 29.8 Å². The Labute approximate surface area is 146 Å². The second kappa shape index (κ2) is 8.51. The maximum absolute atomic E-state index is 12.8. The van der Waals surface area contributed by atoms with Crippen LogP contribution in [0.2, 0.25) is 0 Å². The molecule has 0 saturated carbocycles. The molecule has 0 radical (unpaired) electrons. The Bertz CT molecular complexity index is 615. The monoisotopic (exact) mass is 386 g/mol. The third-order valence-electron chi connectivity index (χ3n) is 3.82. The number of halogens is 4. The van der Waals surface area contributed by atoms with Crippen molar-refractivity contribution in [2.45, 2.75) is 43.3 Å². The van der Waals surface area contributed by atoms with Gasteiger partial charge in [0, 0.05) is 19.1 Å². The molecule has 9 heteroatoms. The molecule has 1 saturated heterocycles. The predicted molar refractivity (Wildman–Crippen MR) is 88.9 cm³/mol. The molecule has 0 aromatic heterocycles. The number of alkyl halides is 3. The molecule has 1 fully saturated rings. The Morgan fingerprint density at radius 1 is 1.25 bits per heavy atom. The lowest BCUT2D eigenvalue weighted by Crippen LogP contribution is -2.41. The SMILES string of the molecule is CCCN(C1CCNC1)S(=O)(=O)c1ccc(CC(F)(F)F)cc1.Cl. The van der Waals surface area contributed by atoms with E-state index in [4.69, 9.17) is 0 Å². The highest BCUT2D eigenvalue weighted by molar-refractivity contribution is 7.89. The zero-order valence-corrected chi connectivity index (χ0v) is 15.0. The molecule has 0 spiro atoms. The van der Waals surface area contributed by atoms with Crippen LogP contribution in [-0.2, 0) is 16.4 Å². The van der Waals surface area contributed by atoms with E-state index < -0.39 is 22.6 Å². The van der Waals surface area contributed by atoms with Crippen LogP contribution in [0.3, 0.4) is 0 Å². The summed E-state index contributed by atoms with van der Waals surface area (Å²) in [6.45, 7) is 3.67. The van der Waals surface area contributed by atoms with Crippen LogP contribution in [0.5, 0.6) is 0 Å². The van der Waals surface area contributed by atoms with Gasteiger partial charge in [-0.2, -0.15) is 17.5 Å². The number of hydrogen-bond donors (Lipinski definition) is 1. The van der Waals surface area contributed by atoms with Gasteiger partial charge in [0.1, 0.15) is 0 Å². The summed E-state index contributed by atoms with van der Waals surface area (Å²) in [6.07, 6.45) is -3.93. The first-order valence-corrected chi connectivity index (χ1v) is 9.06. The third-order valence-corrected chi connectivity index (χ3v) is 5.79. The van der Waals surface area contributed by atoms with E-state index in [9.17, 15) is 21.6 Å². The summed E-state index contributed by atoms with van der Waals surface area (Å²) in [5.74, 6) is 0. The van der Waals surface area contributed by atoms with Crippen molar-refractivity contribution in [1.82, 2.24) is 9.62 Å². The fraction of sp³-hybridized carbons (Fsp3) is 0.600. The fourth-order valence-corrected chi connectivity index (χ4v) is 4.50. The lowest BCUT2D eigenvalue weighted by Gasteiger charge is -2.27. The van der Waals surface area contributed by atoms with Crippen molar-refractivity contribution in [2.75, 3.05) is 19.6 Å². The lowest BCUT2D eigenvalue weighted by atomic mass is 10.1. The van der Waals surface area contributed by atoms with Gasteiger partial charge in [0.2, 0.25) is 10.0 Å². The van der Waals surface area contributed by atoms with Crippen LogP contribution in [0, 0.1) is 0 Å². The number of hydrogen-bond acceptors (Lipinski definition) is 3. The molecule has 1 aliphatic heterocycles. The molecule has 4 nitrogen and oxygen atoms in total. The van der Waals surface area contributed by atoms with Crippen molar-refractivity contribution in [3.63, 3.8) is 0 Å². The van der Waals surface area contributed by atoms with E-state index in [1.807, 2.05) is 6.92 Å². The summed E-state index contributed by atoms with van der Waals surface area (Å²) >= 11 is 0. The van der Waals surface area contributed by atoms with Gasteiger partial charge in [-0.1, -0.05) is 19.1 Å². The molecule has 0 amide bonds. The smallest absolute Gasteiger partial charge is 0.315 e. The highest BCUT2D eigenvalue weighted by Crippen LogP contribution is 2.25. The fourth-order valence-electron chi connectivity index (χ4n) is 2.75. The number of rotatable bonds is 6. The number of benzene rings is 1. The minimum atomic E-state index is -4.30. The van der Waals surface area contributed by atoms with Gasteiger partial charge in [-0.3, -0.25) is 0 Å². The van der Waals surface area contributed by atoms with Gasteiger partial charge in [0.15, 0.2) is 0 Å². The lowest BCUT2D eigenvalue weighted by molar-refractivity contribution is -0.127. The molecule has 1 N–H and O–H groups in total. The van der Waals surface area contributed by atoms with E-state index in [-0.39, 0.29) is 28.9 Å². The van der Waals surface area contributed by atoms with Crippen LogP contribution in [0.4, 0.5) is 13.2 Å². The van der Waals surface area contributed by atoms with E-state index in [0.29, 0.717) is 19.5 Å². The van der Waals surface area contributed by atoms with E-state index in [1.54, 1.807) is 0 Å². The summed E-state index contributed by atoms with van der Waals surface area (Å²) in [7, 11) is -3.70. The van der Waals surface area contributed by atoms with Gasteiger partial charge in [0.25, 0.3) is 0 Å². The topological polar surface area (TPSA) is 49.4 Å². The van der Waals surface area contributed by atoms with Gasteiger partial charge in [-0.25, -0.2) is 8.42 Å². The standard InChI is InChI=1S/C15H21F3N2O2S.ClH/c1-2-9-20(13-7-8-19-11-13)23(21,22)14-5-3-12(4-6-14)10-15(16,17)18;/h3-6,13,19H,2,7-11H2,1H3;1H. The first-order chi connectivity index (χ1) is 10.7. The highest BCUT2D eigenvalue weighted by atomic mass is 35.5. The first-order valence-electron chi connectivity index (χ1n) is 7.62. The van der Waals surface area contributed by atoms with Gasteiger partial charge >= 0.3 is 6.18 Å². The quantitative estimate of drug-likeness (QED) is 0.817. The molecule has 1 unspecified atom stereocenters. The van der Waals surface area contributed by atoms with Crippen LogP contribution in [-0.4, -0.2) is 44.6 Å². The largest absolute Gasteiger partial charge is 0.393 e. The summed E-state index contributed by atoms with van der Waals surface area (Å²) in [5.41, 5.74) is 0.0565. The van der Waals surface area contributed by atoms with Gasteiger partial charge in [-0.05, 0) is 37.1 Å². The van der Waals surface area contributed by atoms with Crippen LogP contribution in [0.15, 0.2) is 29.2 Å². The van der Waals surface area contributed by atoms with Crippen molar-refractivity contribution in [2.24, 2.45) is 0 Å². The third kappa shape index (κ3) is 5.34. The number of sulfonamides is 1. The van der Waals surface area contributed by atoms with Crippen molar-refractivity contribution >= 4 is 22.4 Å². The maximum atomic E-state index is 12.8. The number of nitrogens with one attached hydrogen (secondary N) is 1. The Hall–Kier alpha value is -0.830. The molecule has 2 rings (SSSR count). The molecule has 1 aromatic carbocycles. The maximum Gasteiger partial charge on any atom is 0.393 e. The van der Waals surface area contributed by atoms with Gasteiger partial charge in [0.05, 0.1) is 11.3 Å². The Balaban J connectivity index is 0.00000288. The highest BCUT2D eigenvalue weighted by Gasteiger charge is 2.33. The second-order valence-corrected chi connectivity index (χ2v) is 7.59. The molecular formula is C15H22ClF3N2O2S. The molecule has 0 aliphatic carbocycles. The zero-order chi connectivity index (χ0) is 17.1. The summed E-state index contributed by atoms with van der Waals surface area (Å²) in [4.78, 5) is 0.0452. The van der Waals surface area contributed by atoms with Crippen LogP contribution >= 0.6 is 12.4 Å². The molecule has 0 bridgehead atoms. The van der Waals surface area contributed by atoms with E-state index in [2.05, 4.69) is 5.32 Å². The van der Waals surface area contributed by atoms with Crippen LogP contribution < -0.4 is 5.32 Å². The van der Waals surface area contributed by atoms with Crippen LogP contribution in [0.25, 0.3) is 0 Å². The predicted octanol–water partition coefficient (Wildman–Crippen LogP) is 2.98. The van der Waals surface area contributed by atoms with Gasteiger partial charge in [-0.15, -0.1) is 12.4 Å². The summed E-state index contributed by atoms with van der Waals surface area (Å²) in [6, 6.07) is 4.90. The number of nitrogens with zero attached hydrogens (tertiary/aromatic N) is 1. The Morgan fingerprint density at radius 3 is 2.33 bits per heavy atom. The van der Waals surface area contributed by atoms with Crippen molar-refractivity contribution in [3.8, 4) is 0 Å². The summed E-state index contributed by atoms with van der Waals surface area (Å²) in [5, 5.41) is 3.14. The molecule has 1 aromatic rings. The molecule has 138 valence electrons. The molecular weight excluding hydrogens is 365 g/mol. The molecule has 1 atom stereocenters. The summed E-state index contributed by atoms with van der Waals surface area (Å²) < 4.78 is 64.2. The van der Waals surface area contributed by atoms with Crippen molar-refractivity contribution in [1.29, 1.82) is 0 Å². The minimum Gasteiger partial charge on any atom is -0.315 e. The average Bonchev–Trinajstić information content (AvgIpc) is 2.97. The average molecular weight is 387 g/mol. The normalized spacial score (nSPS) is 18.6. The van der Waals surface area contributed by atoms with E-state index in [0.717, 1.165) is 13.0 Å². The molecule has 1 heterocycles. The molecule has 1 aliphatic rings. The van der Waals surface area contributed by atoms with Gasteiger partial charge < -0.3 is 5.32 Å².